The maximum absolute atomic E-state index is 11.7. The highest BCUT2D eigenvalue weighted by atomic mass is 32.2. The van der Waals surface area contributed by atoms with E-state index in [-0.39, 0.29) is 0 Å². The number of rotatable bonds is 4. The van der Waals surface area contributed by atoms with Crippen LogP contribution in [0.1, 0.15) is 5.56 Å². The van der Waals surface area contributed by atoms with Gasteiger partial charge < -0.3 is 5.73 Å². The molecule has 0 radical (unpaired) electrons. The van der Waals surface area contributed by atoms with Crippen molar-refractivity contribution in [3.05, 3.63) is 42.1 Å². The molecule has 1 atom stereocenters. The normalized spacial score (nSPS) is 12.8. The fourth-order valence-corrected chi connectivity index (χ4v) is 2.66. The lowest BCUT2D eigenvalue weighted by Gasteiger charge is -2.05. The number of hydrogen-bond donors (Lipinski definition) is 1. The highest BCUT2D eigenvalue weighted by Gasteiger charge is 2.05. The molecule has 0 amide bonds. The van der Waals surface area contributed by atoms with Gasteiger partial charge in [-0.1, -0.05) is 18.2 Å². The van der Waals surface area contributed by atoms with Crippen LogP contribution in [0.3, 0.4) is 0 Å². The molecule has 3 nitrogen and oxygen atoms in total. The van der Waals surface area contributed by atoms with Gasteiger partial charge in [-0.15, -0.1) is 0 Å². The molecular formula is C12H14N2OS. The van der Waals surface area contributed by atoms with Gasteiger partial charge in [-0.2, -0.15) is 0 Å². The second-order valence-corrected chi connectivity index (χ2v) is 5.14. The van der Waals surface area contributed by atoms with Crippen LogP contribution in [0.15, 0.2) is 36.5 Å². The monoisotopic (exact) mass is 234 g/mol. The van der Waals surface area contributed by atoms with Gasteiger partial charge in [-0.25, -0.2) is 0 Å². The molecule has 1 aromatic heterocycles. The molecule has 0 saturated heterocycles. The average molecular weight is 234 g/mol. The molecule has 84 valence electrons. The van der Waals surface area contributed by atoms with Gasteiger partial charge in [-0.05, 0) is 17.7 Å². The van der Waals surface area contributed by atoms with Crippen LogP contribution >= 0.6 is 0 Å². The number of benzene rings is 1. The van der Waals surface area contributed by atoms with Crippen molar-refractivity contribution in [1.82, 2.24) is 4.98 Å². The van der Waals surface area contributed by atoms with E-state index in [0.717, 1.165) is 16.5 Å². The van der Waals surface area contributed by atoms with Crippen molar-refractivity contribution in [1.29, 1.82) is 0 Å². The third-order valence-electron chi connectivity index (χ3n) is 2.40. The number of nitrogens with two attached hydrogens (primary N) is 1. The standard InChI is InChI=1S/C12H14N2OS/c13-6-8-16(15)9-10-5-7-14-12-4-2-1-3-11(10)12/h1-5,7H,6,8-9,13H2. The Labute approximate surface area is 97.1 Å². The van der Waals surface area contributed by atoms with Crippen LogP contribution in [-0.2, 0) is 16.6 Å². The number of pyridine rings is 1. The second kappa shape index (κ2) is 5.18. The third-order valence-corrected chi connectivity index (χ3v) is 3.73. The smallest absolute Gasteiger partial charge is 0.0705 e. The molecule has 2 aromatic rings. The Bertz CT molecular complexity index is 508. The average Bonchev–Trinajstić information content (AvgIpc) is 2.30. The summed E-state index contributed by atoms with van der Waals surface area (Å²) in [6, 6.07) is 9.83. The first-order valence-corrected chi connectivity index (χ1v) is 6.68. The van der Waals surface area contributed by atoms with Gasteiger partial charge >= 0.3 is 0 Å². The first kappa shape index (κ1) is 11.2. The molecule has 2 N–H and O–H groups in total. The maximum atomic E-state index is 11.7. The Kier molecular flexibility index (Phi) is 3.64. The van der Waals surface area contributed by atoms with Gasteiger partial charge in [0.25, 0.3) is 0 Å². The van der Waals surface area contributed by atoms with Crippen LogP contribution in [0, 0.1) is 0 Å². The van der Waals surface area contributed by atoms with Crippen molar-refractivity contribution in [2.24, 2.45) is 5.73 Å². The van der Waals surface area contributed by atoms with Crippen molar-refractivity contribution in [3.8, 4) is 0 Å². The van der Waals surface area contributed by atoms with Crippen molar-refractivity contribution in [2.45, 2.75) is 5.75 Å². The van der Waals surface area contributed by atoms with Crippen LogP contribution in [0.5, 0.6) is 0 Å². The van der Waals surface area contributed by atoms with E-state index < -0.39 is 10.8 Å². The molecule has 2 rings (SSSR count). The molecule has 0 aliphatic rings. The largest absolute Gasteiger partial charge is 0.330 e. The quantitative estimate of drug-likeness (QED) is 0.871. The molecule has 0 spiro atoms. The molecule has 0 fully saturated rings. The zero-order valence-electron chi connectivity index (χ0n) is 8.93. The van der Waals surface area contributed by atoms with Crippen molar-refractivity contribution in [3.63, 3.8) is 0 Å². The van der Waals surface area contributed by atoms with Crippen LogP contribution in [-0.4, -0.2) is 21.5 Å². The summed E-state index contributed by atoms with van der Waals surface area (Å²) < 4.78 is 11.7. The van der Waals surface area contributed by atoms with E-state index in [1.165, 1.54) is 0 Å². The topological polar surface area (TPSA) is 56.0 Å². The Hall–Kier alpha value is -1.26. The van der Waals surface area contributed by atoms with Gasteiger partial charge in [0.2, 0.25) is 0 Å². The van der Waals surface area contributed by atoms with Crippen LogP contribution < -0.4 is 5.73 Å². The number of fused-ring (bicyclic) bond motifs is 1. The molecule has 1 heterocycles. The Morgan fingerprint density at radius 3 is 2.88 bits per heavy atom. The van der Waals surface area contributed by atoms with Gasteiger partial charge in [0, 0.05) is 40.4 Å². The minimum atomic E-state index is -0.880. The molecule has 1 unspecified atom stereocenters. The number of nitrogens with zero attached hydrogens (tertiary/aromatic N) is 1. The predicted molar refractivity (Wildman–Crippen MR) is 67.5 cm³/mol. The SMILES string of the molecule is NCCS(=O)Cc1ccnc2ccccc12. The highest BCUT2D eigenvalue weighted by molar-refractivity contribution is 7.84. The summed E-state index contributed by atoms with van der Waals surface area (Å²) in [6.07, 6.45) is 1.76. The Morgan fingerprint density at radius 2 is 2.06 bits per heavy atom. The maximum Gasteiger partial charge on any atom is 0.0705 e. The molecule has 1 aromatic carbocycles. The van der Waals surface area contributed by atoms with Gasteiger partial charge in [0.1, 0.15) is 0 Å². The van der Waals surface area contributed by atoms with E-state index in [0.29, 0.717) is 18.1 Å². The Balaban J connectivity index is 2.33. The van der Waals surface area contributed by atoms with Crippen LogP contribution in [0.4, 0.5) is 0 Å². The second-order valence-electron chi connectivity index (χ2n) is 3.56. The first-order chi connectivity index (χ1) is 7.81. The van der Waals surface area contributed by atoms with Crippen molar-refractivity contribution in [2.75, 3.05) is 12.3 Å². The van der Waals surface area contributed by atoms with Gasteiger partial charge in [-0.3, -0.25) is 9.19 Å². The highest BCUT2D eigenvalue weighted by Crippen LogP contribution is 2.17. The van der Waals surface area contributed by atoms with E-state index in [2.05, 4.69) is 4.98 Å². The summed E-state index contributed by atoms with van der Waals surface area (Å²) in [5.41, 5.74) is 7.42. The fraction of sp³-hybridized carbons (Fsp3) is 0.250. The van der Waals surface area contributed by atoms with Crippen molar-refractivity contribution >= 4 is 21.7 Å². The molecule has 4 heteroatoms. The number of para-hydroxylation sites is 1. The summed E-state index contributed by atoms with van der Waals surface area (Å²) in [6.45, 7) is 0.468. The van der Waals surface area contributed by atoms with E-state index in [9.17, 15) is 4.21 Å². The lowest BCUT2D eigenvalue weighted by Crippen LogP contribution is -2.11. The zero-order chi connectivity index (χ0) is 11.4. The molecule has 0 saturated carbocycles. The molecule has 0 aliphatic carbocycles. The Morgan fingerprint density at radius 1 is 1.25 bits per heavy atom. The first-order valence-electron chi connectivity index (χ1n) is 5.19. The third kappa shape index (κ3) is 2.46. The lowest BCUT2D eigenvalue weighted by atomic mass is 10.1. The summed E-state index contributed by atoms with van der Waals surface area (Å²) in [5, 5.41) is 1.08. The van der Waals surface area contributed by atoms with Gasteiger partial charge in [0.05, 0.1) is 5.52 Å². The van der Waals surface area contributed by atoms with E-state index in [1.807, 2.05) is 30.3 Å². The minimum absolute atomic E-state index is 0.468. The number of aromatic nitrogens is 1. The zero-order valence-corrected chi connectivity index (χ0v) is 9.74. The summed E-state index contributed by atoms with van der Waals surface area (Å²) in [4.78, 5) is 4.27. The van der Waals surface area contributed by atoms with Crippen molar-refractivity contribution < 1.29 is 4.21 Å². The van der Waals surface area contributed by atoms with E-state index >= 15 is 0 Å². The van der Waals surface area contributed by atoms with E-state index in [1.54, 1.807) is 6.20 Å². The van der Waals surface area contributed by atoms with Crippen LogP contribution in [0.25, 0.3) is 10.9 Å². The molecule has 0 bridgehead atoms. The van der Waals surface area contributed by atoms with E-state index in [4.69, 9.17) is 5.73 Å². The van der Waals surface area contributed by atoms with Gasteiger partial charge in [0.15, 0.2) is 0 Å². The lowest BCUT2D eigenvalue weighted by molar-refractivity contribution is 0.682. The van der Waals surface area contributed by atoms with Crippen LogP contribution in [0.2, 0.25) is 0 Å². The molecule has 16 heavy (non-hydrogen) atoms. The summed E-state index contributed by atoms with van der Waals surface area (Å²) >= 11 is 0. The predicted octanol–water partition coefficient (Wildman–Crippen LogP) is 1.44. The summed E-state index contributed by atoms with van der Waals surface area (Å²) in [7, 11) is -0.880. The number of hydrogen-bond acceptors (Lipinski definition) is 3. The molecular weight excluding hydrogens is 220 g/mol. The summed E-state index contributed by atoms with van der Waals surface area (Å²) in [5.74, 6) is 1.11. The minimum Gasteiger partial charge on any atom is -0.330 e. The molecule has 0 aliphatic heterocycles. The fourth-order valence-electron chi connectivity index (χ4n) is 1.66.